The van der Waals surface area contributed by atoms with E-state index in [1.165, 1.54) is 11.9 Å². The Hall–Kier alpha value is -1.81. The van der Waals surface area contributed by atoms with Crippen LogP contribution in [-0.4, -0.2) is 9.97 Å². The molecule has 0 saturated heterocycles. The van der Waals surface area contributed by atoms with E-state index >= 15 is 0 Å². The monoisotopic (exact) mass is 249 g/mol. The average Bonchev–Trinajstić information content (AvgIpc) is 2.33. The van der Waals surface area contributed by atoms with Crippen LogP contribution in [0.5, 0.6) is 0 Å². The van der Waals surface area contributed by atoms with Crippen molar-refractivity contribution in [1.29, 1.82) is 0 Å². The predicted octanol–water partition coefficient (Wildman–Crippen LogP) is 2.34. The molecule has 0 spiro atoms. The molecule has 1 aromatic heterocycles. The molecule has 0 atom stereocenters. The van der Waals surface area contributed by atoms with E-state index in [2.05, 4.69) is 15.3 Å². The SMILES string of the molecule is Cc1ccc(CNc2nc[nH]c(=O)c2Cl)cc1. The van der Waals surface area contributed by atoms with E-state index < -0.39 is 0 Å². The van der Waals surface area contributed by atoms with E-state index in [0.29, 0.717) is 12.4 Å². The maximum Gasteiger partial charge on any atom is 0.271 e. The second kappa shape index (κ2) is 5.01. The van der Waals surface area contributed by atoms with Gasteiger partial charge in [-0.15, -0.1) is 0 Å². The maximum absolute atomic E-state index is 11.2. The average molecular weight is 250 g/mol. The number of hydrogen-bond donors (Lipinski definition) is 2. The van der Waals surface area contributed by atoms with Crippen molar-refractivity contribution in [3.63, 3.8) is 0 Å². The van der Waals surface area contributed by atoms with Crippen molar-refractivity contribution in [1.82, 2.24) is 9.97 Å². The van der Waals surface area contributed by atoms with Gasteiger partial charge in [-0.2, -0.15) is 0 Å². The van der Waals surface area contributed by atoms with Crippen molar-refractivity contribution in [2.24, 2.45) is 0 Å². The molecular formula is C12H12ClN3O. The summed E-state index contributed by atoms with van der Waals surface area (Å²) in [6.45, 7) is 2.61. The third kappa shape index (κ3) is 2.85. The Morgan fingerprint density at radius 2 is 2.06 bits per heavy atom. The number of aromatic amines is 1. The van der Waals surface area contributed by atoms with Crippen LogP contribution in [0, 0.1) is 6.92 Å². The Labute approximate surface area is 104 Å². The Morgan fingerprint density at radius 3 is 2.76 bits per heavy atom. The summed E-state index contributed by atoms with van der Waals surface area (Å²) in [6.07, 6.45) is 1.33. The molecule has 0 bridgehead atoms. The van der Waals surface area contributed by atoms with Crippen molar-refractivity contribution in [2.45, 2.75) is 13.5 Å². The van der Waals surface area contributed by atoms with E-state index in [0.717, 1.165) is 5.56 Å². The lowest BCUT2D eigenvalue weighted by Gasteiger charge is -2.06. The lowest BCUT2D eigenvalue weighted by Crippen LogP contribution is -2.11. The molecule has 0 aliphatic carbocycles. The van der Waals surface area contributed by atoms with Crippen LogP contribution < -0.4 is 10.9 Å². The fraction of sp³-hybridized carbons (Fsp3) is 0.167. The molecule has 0 radical (unpaired) electrons. The highest BCUT2D eigenvalue weighted by Crippen LogP contribution is 2.13. The van der Waals surface area contributed by atoms with E-state index in [1.54, 1.807) is 0 Å². The van der Waals surface area contributed by atoms with Gasteiger partial charge in [0.15, 0.2) is 5.82 Å². The third-order valence-electron chi connectivity index (χ3n) is 2.38. The molecule has 5 heteroatoms. The van der Waals surface area contributed by atoms with Crippen LogP contribution in [0.3, 0.4) is 0 Å². The number of nitrogens with zero attached hydrogens (tertiary/aromatic N) is 1. The van der Waals surface area contributed by atoms with Crippen LogP contribution in [-0.2, 0) is 6.54 Å². The quantitative estimate of drug-likeness (QED) is 0.878. The van der Waals surface area contributed by atoms with Crippen LogP contribution >= 0.6 is 11.6 Å². The highest BCUT2D eigenvalue weighted by Gasteiger charge is 2.04. The van der Waals surface area contributed by atoms with Crippen molar-refractivity contribution in [3.05, 3.63) is 57.1 Å². The Bertz CT molecular complexity index is 563. The highest BCUT2D eigenvalue weighted by molar-refractivity contribution is 6.32. The molecule has 0 amide bonds. The number of halogens is 1. The Kier molecular flexibility index (Phi) is 3.44. The molecule has 2 rings (SSSR count). The summed E-state index contributed by atoms with van der Waals surface area (Å²) in [6, 6.07) is 8.10. The van der Waals surface area contributed by atoms with Crippen LogP contribution in [0.4, 0.5) is 5.82 Å². The van der Waals surface area contributed by atoms with E-state index in [9.17, 15) is 4.79 Å². The second-order valence-corrected chi connectivity index (χ2v) is 4.11. The maximum atomic E-state index is 11.2. The fourth-order valence-electron chi connectivity index (χ4n) is 1.40. The van der Waals surface area contributed by atoms with Crippen LogP contribution in [0.15, 0.2) is 35.4 Å². The smallest absolute Gasteiger partial charge is 0.271 e. The zero-order valence-electron chi connectivity index (χ0n) is 9.33. The minimum Gasteiger partial charge on any atom is -0.365 e. The molecule has 0 aliphatic heterocycles. The van der Waals surface area contributed by atoms with Crippen molar-refractivity contribution in [2.75, 3.05) is 5.32 Å². The summed E-state index contributed by atoms with van der Waals surface area (Å²) in [4.78, 5) is 17.6. The molecule has 0 unspecified atom stereocenters. The van der Waals surface area contributed by atoms with Gasteiger partial charge in [0.25, 0.3) is 5.56 Å². The lowest BCUT2D eigenvalue weighted by atomic mass is 10.1. The summed E-state index contributed by atoms with van der Waals surface area (Å²) >= 11 is 5.82. The van der Waals surface area contributed by atoms with Gasteiger partial charge >= 0.3 is 0 Å². The summed E-state index contributed by atoms with van der Waals surface area (Å²) in [5, 5.41) is 3.11. The van der Waals surface area contributed by atoms with Gasteiger partial charge in [-0.3, -0.25) is 4.79 Å². The Balaban J connectivity index is 2.10. The van der Waals surface area contributed by atoms with E-state index in [1.807, 2.05) is 31.2 Å². The van der Waals surface area contributed by atoms with Crippen molar-refractivity contribution < 1.29 is 0 Å². The first-order valence-electron chi connectivity index (χ1n) is 5.19. The van der Waals surface area contributed by atoms with Gasteiger partial charge < -0.3 is 10.3 Å². The van der Waals surface area contributed by atoms with Crippen LogP contribution in [0.2, 0.25) is 5.02 Å². The number of hydrogen-bond acceptors (Lipinski definition) is 3. The third-order valence-corrected chi connectivity index (χ3v) is 2.73. The van der Waals surface area contributed by atoms with Gasteiger partial charge in [-0.1, -0.05) is 41.4 Å². The number of nitrogens with one attached hydrogen (secondary N) is 2. The van der Waals surface area contributed by atoms with Gasteiger partial charge in [0.2, 0.25) is 0 Å². The van der Waals surface area contributed by atoms with E-state index in [4.69, 9.17) is 11.6 Å². The summed E-state index contributed by atoms with van der Waals surface area (Å²) in [5.41, 5.74) is 1.97. The normalized spacial score (nSPS) is 10.2. The first-order chi connectivity index (χ1) is 8.16. The number of anilines is 1. The number of benzene rings is 1. The lowest BCUT2D eigenvalue weighted by molar-refractivity contribution is 1.06. The molecule has 2 aromatic rings. The molecule has 4 nitrogen and oxygen atoms in total. The first kappa shape index (κ1) is 11.7. The van der Waals surface area contributed by atoms with Crippen LogP contribution in [0.25, 0.3) is 0 Å². The number of H-pyrrole nitrogens is 1. The number of aromatic nitrogens is 2. The predicted molar refractivity (Wildman–Crippen MR) is 68.4 cm³/mol. The standard InChI is InChI=1S/C12H12ClN3O/c1-8-2-4-9(5-3-8)6-14-11-10(13)12(17)16-7-15-11/h2-5,7H,6H2,1H3,(H2,14,15,16,17). The minimum absolute atomic E-state index is 0.0830. The van der Waals surface area contributed by atoms with Gasteiger partial charge in [-0.05, 0) is 12.5 Å². The van der Waals surface area contributed by atoms with Crippen molar-refractivity contribution >= 4 is 17.4 Å². The van der Waals surface area contributed by atoms with Crippen molar-refractivity contribution in [3.8, 4) is 0 Å². The molecule has 0 fully saturated rings. The molecule has 1 aromatic carbocycles. The van der Waals surface area contributed by atoms with Gasteiger partial charge in [-0.25, -0.2) is 4.98 Å². The topological polar surface area (TPSA) is 57.8 Å². The van der Waals surface area contributed by atoms with Gasteiger partial charge in [0.1, 0.15) is 5.02 Å². The first-order valence-corrected chi connectivity index (χ1v) is 5.57. The molecule has 0 saturated carbocycles. The Morgan fingerprint density at radius 1 is 1.35 bits per heavy atom. The fourth-order valence-corrected chi connectivity index (χ4v) is 1.57. The van der Waals surface area contributed by atoms with E-state index in [-0.39, 0.29) is 10.6 Å². The molecule has 2 N–H and O–H groups in total. The summed E-state index contributed by atoms with van der Waals surface area (Å²) in [7, 11) is 0. The summed E-state index contributed by atoms with van der Waals surface area (Å²) < 4.78 is 0. The summed E-state index contributed by atoms with van der Waals surface area (Å²) in [5.74, 6) is 0.399. The van der Waals surface area contributed by atoms with Crippen LogP contribution in [0.1, 0.15) is 11.1 Å². The molecule has 1 heterocycles. The van der Waals surface area contributed by atoms with Gasteiger partial charge in [0.05, 0.1) is 6.33 Å². The minimum atomic E-state index is -0.340. The zero-order valence-corrected chi connectivity index (χ0v) is 10.1. The second-order valence-electron chi connectivity index (χ2n) is 3.73. The number of aryl methyl sites for hydroxylation is 1. The van der Waals surface area contributed by atoms with Gasteiger partial charge in [0, 0.05) is 6.54 Å². The highest BCUT2D eigenvalue weighted by atomic mass is 35.5. The molecule has 0 aliphatic rings. The zero-order chi connectivity index (χ0) is 12.3. The number of rotatable bonds is 3. The molecule has 88 valence electrons. The molecular weight excluding hydrogens is 238 g/mol. The largest absolute Gasteiger partial charge is 0.365 e. The molecule has 17 heavy (non-hydrogen) atoms.